The quantitative estimate of drug-likeness (QED) is 0.0201. The van der Waals surface area contributed by atoms with Crippen LogP contribution in [0.5, 0.6) is 0 Å². The van der Waals surface area contributed by atoms with E-state index in [9.17, 15) is 61.3 Å². The van der Waals surface area contributed by atoms with Crippen molar-refractivity contribution < 1.29 is 198 Å². The van der Waals surface area contributed by atoms with E-state index in [0.29, 0.717) is 145 Å². The first kappa shape index (κ1) is 84.1. The largest absolute Gasteiger partial charge is 1.00 e. The number of quaternary nitrogens is 6. The third-order valence-corrected chi connectivity index (χ3v) is 25.7. The minimum atomic E-state index is -2.53. The Morgan fingerprint density at radius 2 is 0.349 bits per heavy atom. The summed E-state index contributed by atoms with van der Waals surface area (Å²) in [5.74, 6) is -3.53. The van der Waals surface area contributed by atoms with Gasteiger partial charge >= 0.3 is 0 Å². The Balaban J connectivity index is 0.000000893. The average Bonchev–Trinajstić information content (AvgIpc) is 0.751. The van der Waals surface area contributed by atoms with Crippen LogP contribution in [-0.4, -0.2) is 218 Å². The lowest BCUT2D eigenvalue weighted by Gasteiger charge is -2.39. The molecule has 0 bridgehead atoms. The second kappa shape index (κ2) is 60.6. The number of hydrogen-bond donors (Lipinski definition) is 18. The highest BCUT2D eigenvalue weighted by molar-refractivity contribution is 5.33. The Morgan fingerprint density at radius 1 is 0.222 bits per heavy atom. The van der Waals surface area contributed by atoms with E-state index in [1.54, 1.807) is 93.9 Å². The van der Waals surface area contributed by atoms with Crippen molar-refractivity contribution in [2.45, 2.75) is 301 Å². The molecule has 0 saturated heterocycles. The van der Waals surface area contributed by atoms with Crippen molar-refractivity contribution in [2.24, 2.45) is 0 Å². The fraction of sp³-hybridized carbons (Fsp3) is 0.647. The number of nitrogens with one attached hydrogen (secondary N) is 6. The first-order chi connectivity index (χ1) is 66.8. The van der Waals surface area contributed by atoms with E-state index in [0.717, 1.165) is 149 Å². The van der Waals surface area contributed by atoms with Crippen LogP contribution in [0.25, 0.3) is 0 Å². The second-order valence-corrected chi connectivity index (χ2v) is 35.6. The summed E-state index contributed by atoms with van der Waals surface area (Å²) < 4.78 is 189. The molecule has 6 fully saturated rings. The van der Waals surface area contributed by atoms with Crippen LogP contribution in [0.4, 0.5) is 0 Å². The van der Waals surface area contributed by atoms with E-state index in [1.165, 1.54) is 21.1 Å². The SMILES string of the molecule is [2H]C([2H])([2H])[NH+](C)C([2H])([2H])C(c1ccc(CO)cc1)C1(O)CCCCC1.[2H]C([2H])([2H])[NH+](C)C([2H])([2H])[C@@H](c1ccc(CO)cc1)C1(O)CCCCC1.[2H]C([2H])([2H])[NH+](C)C([2H])([2H])[C@H](c1ccc(CO)cc1)C1(O)CCCCC1.[2H]C([2H])([2H])[NH+](C)CC(c1ccc(CO)cc1)C1(O)CCCCC1.[2H]C([2H])([2H])[NH+](C)C[C@@H](c1ccc(CO)cc1)C1(O)CCCCC1.[2H]C([2H])([2H])[NH+](C)C[C@H](c1ccc(CO)cc1)C1(O)CCCCC1.[Cl-].[Cl-].[Cl-].[Cl-].[Cl-].[Cl-]. The molecular formula is C102H168Cl6N6O12. The van der Waals surface area contributed by atoms with Gasteiger partial charge in [0.25, 0.3) is 0 Å². The van der Waals surface area contributed by atoms with E-state index < -0.39 is 113 Å². The van der Waals surface area contributed by atoms with Crippen LogP contribution in [-0.2, 0) is 39.6 Å². The van der Waals surface area contributed by atoms with Gasteiger partial charge in [-0.2, -0.15) is 0 Å². The molecule has 6 aromatic rings. The van der Waals surface area contributed by atoms with Gasteiger partial charge in [-0.1, -0.05) is 261 Å². The van der Waals surface area contributed by atoms with Crippen molar-refractivity contribution >= 4 is 0 Å². The second-order valence-electron chi connectivity index (χ2n) is 35.6. The van der Waals surface area contributed by atoms with Gasteiger partial charge in [-0.25, -0.2) is 0 Å². The molecule has 0 amide bonds. The Kier molecular flexibility index (Phi) is 40.4. The van der Waals surface area contributed by atoms with Gasteiger partial charge in [0, 0.05) is 0 Å². The molecule has 18 N–H and O–H groups in total. The number of hydrogen-bond acceptors (Lipinski definition) is 12. The summed E-state index contributed by atoms with van der Waals surface area (Å²) in [6, 6.07) is 42.8. The van der Waals surface area contributed by atoms with Crippen molar-refractivity contribution in [2.75, 3.05) is 123 Å². The van der Waals surface area contributed by atoms with Crippen LogP contribution < -0.4 is 104 Å². The van der Waals surface area contributed by atoms with E-state index in [1.807, 2.05) is 72.8 Å². The van der Waals surface area contributed by atoms with Gasteiger partial charge in [0.05, 0.1) is 265 Å². The number of rotatable bonds is 30. The summed E-state index contributed by atoms with van der Waals surface area (Å²) in [7, 11) is 8.92. The molecule has 18 nitrogen and oxygen atoms in total. The standard InChI is InChI=1S/6C17H27NO2.6ClH/c6*1-18(2)12-16(17(20)10-4-3-5-11-17)15-8-6-14(13-19)7-9-15;;;;;;/h6*6-9,16,19-20H,3-5,10-13H2,1-2H3;6*1H/t4*16-;;;;;;;;/m1100......../s1/i1D3,12D2;1D3;1D3,12D2;1D3;1D3,12D2;1D3;;;;;;. The maximum Gasteiger partial charge on any atom is 0.0931 e. The summed E-state index contributed by atoms with van der Waals surface area (Å²) in [5.41, 5.74) is 2.71. The predicted molar refractivity (Wildman–Crippen MR) is 485 cm³/mol. The van der Waals surface area contributed by atoms with Crippen molar-refractivity contribution in [3.05, 3.63) is 212 Å². The monoisotopic (exact) mass is 1900 g/mol. The van der Waals surface area contributed by atoms with Crippen molar-refractivity contribution in [1.29, 1.82) is 0 Å². The minimum absolute atomic E-state index is 0. The average molecular weight is 1910 g/mol. The van der Waals surface area contributed by atoms with E-state index >= 15 is 0 Å². The number of halogens is 6. The maximum absolute atomic E-state index is 11.3. The number of aliphatic hydroxyl groups is 12. The molecule has 0 spiro atoms. The molecule has 6 saturated carbocycles. The molecular weight excluding hydrogens is 1710 g/mol. The van der Waals surface area contributed by atoms with Crippen LogP contribution in [0.3, 0.4) is 0 Å². The molecule has 12 atom stereocenters. The molecule has 24 heteroatoms. The molecule has 6 aliphatic carbocycles. The molecule has 6 aromatic carbocycles. The van der Waals surface area contributed by atoms with Crippen molar-refractivity contribution in [3.63, 3.8) is 0 Å². The summed E-state index contributed by atoms with van der Waals surface area (Å²) in [6.45, 7) is -19.7. The minimum Gasteiger partial charge on any atom is -1.00 e. The summed E-state index contributed by atoms with van der Waals surface area (Å²) in [6.07, 6.45) is 24.0. The molecule has 6 aliphatic rings. The Labute approximate surface area is 831 Å². The fourth-order valence-corrected chi connectivity index (χ4v) is 18.9. The van der Waals surface area contributed by atoms with Gasteiger partial charge in [0.2, 0.25) is 0 Å². The number of likely N-dealkylation sites (N-methyl/N-ethyl adjacent to an activating group) is 6. The predicted octanol–water partition coefficient (Wildman–Crippen LogP) is -11.4. The summed E-state index contributed by atoms with van der Waals surface area (Å²) >= 11 is 0. The maximum atomic E-state index is 11.3. The molecule has 8 unspecified atom stereocenters. The zero-order valence-electron chi connectivity index (χ0n) is 99.0. The summed E-state index contributed by atoms with van der Waals surface area (Å²) in [4.78, 5) is 0.592. The molecule has 0 heterocycles. The zero-order chi connectivity index (χ0) is 108. The van der Waals surface area contributed by atoms with Crippen LogP contribution in [0.2, 0.25) is 0 Å². The first-order valence-corrected chi connectivity index (χ1v) is 44.4. The van der Waals surface area contributed by atoms with Crippen LogP contribution >= 0.6 is 0 Å². The summed E-state index contributed by atoms with van der Waals surface area (Å²) in [5, 5.41) is 123. The smallest absolute Gasteiger partial charge is 0.0931 e. The highest BCUT2D eigenvalue weighted by atomic mass is 35.5. The van der Waals surface area contributed by atoms with E-state index in [4.69, 9.17) is 32.9 Å². The third kappa shape index (κ3) is 38.0. The molecule has 0 aromatic heterocycles. The molecule has 720 valence electrons. The van der Waals surface area contributed by atoms with Crippen molar-refractivity contribution in [1.82, 2.24) is 0 Å². The lowest BCUT2D eigenvalue weighted by Crippen LogP contribution is -3.06. The topological polar surface area (TPSA) is 269 Å². The van der Waals surface area contributed by atoms with Crippen LogP contribution in [0.1, 0.15) is 328 Å². The van der Waals surface area contributed by atoms with Gasteiger partial charge in [0.15, 0.2) is 0 Å². The normalized spacial score (nSPS) is 24.1. The zero-order valence-corrected chi connectivity index (χ0v) is 79.6. The molecule has 0 aliphatic heterocycles. The Morgan fingerprint density at radius 3 is 0.476 bits per heavy atom. The fourth-order valence-electron chi connectivity index (χ4n) is 18.9. The van der Waals surface area contributed by atoms with Gasteiger partial charge in [-0.3, -0.25) is 0 Å². The molecule has 126 heavy (non-hydrogen) atoms. The van der Waals surface area contributed by atoms with Gasteiger partial charge in [-0.05, 0) is 144 Å². The van der Waals surface area contributed by atoms with E-state index in [2.05, 4.69) is 0 Å². The Hall–Kier alpha value is -3.66. The number of aliphatic hydroxyl groups excluding tert-OH is 6. The number of benzene rings is 6. The highest BCUT2D eigenvalue weighted by Crippen LogP contribution is 2.46. The first-order valence-electron chi connectivity index (χ1n) is 56.4. The Bertz CT molecular complexity index is 4280. The lowest BCUT2D eigenvalue weighted by molar-refractivity contribution is -0.860. The van der Waals surface area contributed by atoms with Gasteiger partial charge in [-0.15, -0.1) is 0 Å². The van der Waals surface area contributed by atoms with Gasteiger partial charge in [0.1, 0.15) is 0 Å². The van der Waals surface area contributed by atoms with E-state index in [-0.39, 0.29) is 147 Å². The highest BCUT2D eigenvalue weighted by Gasteiger charge is 2.46. The van der Waals surface area contributed by atoms with Crippen LogP contribution in [0.15, 0.2) is 146 Å². The van der Waals surface area contributed by atoms with Gasteiger partial charge < -0.3 is 165 Å². The third-order valence-electron chi connectivity index (χ3n) is 25.7. The molecule has 0 radical (unpaired) electrons. The molecule has 12 rings (SSSR count). The van der Waals surface area contributed by atoms with Crippen molar-refractivity contribution in [3.8, 4) is 0 Å². The van der Waals surface area contributed by atoms with Crippen LogP contribution in [0, 0.1) is 0 Å². The lowest BCUT2D eigenvalue weighted by atomic mass is 9.72.